The van der Waals surface area contributed by atoms with Gasteiger partial charge in [-0.05, 0) is 25.2 Å². The van der Waals surface area contributed by atoms with Crippen LogP contribution in [0.15, 0.2) is 0 Å². The second-order valence-corrected chi connectivity index (χ2v) is 9.54. The van der Waals surface area contributed by atoms with Gasteiger partial charge in [0.05, 0.1) is 11.2 Å². The highest BCUT2D eigenvalue weighted by molar-refractivity contribution is 7.93. The maximum atomic E-state index is 13.0. The van der Waals surface area contributed by atoms with E-state index < -0.39 is 26.2 Å². The molecule has 0 aromatic rings. The number of primary amides is 1. The third-order valence-electron chi connectivity index (χ3n) is 5.12. The fourth-order valence-corrected chi connectivity index (χ4v) is 6.37. The lowest BCUT2D eigenvalue weighted by Gasteiger charge is -2.31. The molecule has 2 fully saturated rings. The van der Waals surface area contributed by atoms with E-state index in [4.69, 9.17) is 5.73 Å². The molecule has 1 saturated heterocycles. The Hall–Kier alpha value is -1.11. The van der Waals surface area contributed by atoms with Gasteiger partial charge in [0.25, 0.3) is 0 Å². The van der Waals surface area contributed by atoms with Gasteiger partial charge in [0, 0.05) is 13.1 Å². The fraction of sp³-hybridized carbons (Fsp3) is 0.875. The van der Waals surface area contributed by atoms with Crippen molar-refractivity contribution in [1.29, 1.82) is 0 Å². The summed E-state index contributed by atoms with van der Waals surface area (Å²) in [6.45, 7) is 4.22. The minimum Gasteiger partial charge on any atom is -0.369 e. The third-order valence-corrected chi connectivity index (χ3v) is 7.98. The highest BCUT2D eigenvalue weighted by atomic mass is 32.2. The molecule has 2 rings (SSSR count). The second kappa shape index (κ2) is 7.20. The summed E-state index contributed by atoms with van der Waals surface area (Å²) in [5.41, 5.74) is 5.30. The highest BCUT2D eigenvalue weighted by Crippen LogP contribution is 2.30. The summed E-state index contributed by atoms with van der Waals surface area (Å²) < 4.78 is 26.0. The van der Waals surface area contributed by atoms with Crippen molar-refractivity contribution in [3.63, 3.8) is 0 Å². The largest absolute Gasteiger partial charge is 0.369 e. The molecule has 2 amide bonds. The van der Waals surface area contributed by atoms with Crippen LogP contribution in [0, 0.1) is 11.8 Å². The van der Waals surface area contributed by atoms with E-state index in [1.165, 1.54) is 4.90 Å². The predicted molar refractivity (Wildman–Crippen MR) is 88.3 cm³/mol. The summed E-state index contributed by atoms with van der Waals surface area (Å²) in [6.07, 6.45) is 4.73. The van der Waals surface area contributed by atoms with Gasteiger partial charge >= 0.3 is 0 Å². The molecule has 132 valence electrons. The lowest BCUT2D eigenvalue weighted by atomic mass is 10.0. The number of hydrogen-bond donors (Lipinski definition) is 1. The van der Waals surface area contributed by atoms with Crippen molar-refractivity contribution in [3.8, 4) is 0 Å². The summed E-state index contributed by atoms with van der Waals surface area (Å²) in [4.78, 5) is 25.6. The summed E-state index contributed by atoms with van der Waals surface area (Å²) in [5.74, 6) is -1.41. The average Bonchev–Trinajstić information content (AvgIpc) is 2.97. The Balaban J connectivity index is 2.17. The Morgan fingerprint density at radius 3 is 2.17 bits per heavy atom. The minimum atomic E-state index is -3.51. The Kier molecular flexibility index (Phi) is 5.70. The van der Waals surface area contributed by atoms with E-state index in [2.05, 4.69) is 0 Å². The Morgan fingerprint density at radius 2 is 1.70 bits per heavy atom. The van der Waals surface area contributed by atoms with E-state index in [1.807, 2.05) is 0 Å². The summed E-state index contributed by atoms with van der Waals surface area (Å²) in [7, 11) is -3.51. The van der Waals surface area contributed by atoms with Gasteiger partial charge in [0.15, 0.2) is 9.84 Å². The van der Waals surface area contributed by atoms with Gasteiger partial charge in [-0.2, -0.15) is 0 Å². The van der Waals surface area contributed by atoms with Crippen LogP contribution in [0.4, 0.5) is 0 Å². The van der Waals surface area contributed by atoms with Crippen LogP contribution in [0.2, 0.25) is 0 Å². The van der Waals surface area contributed by atoms with Crippen LogP contribution >= 0.6 is 0 Å². The van der Waals surface area contributed by atoms with Crippen LogP contribution in [0.5, 0.6) is 0 Å². The molecular weight excluding hydrogens is 316 g/mol. The molecule has 1 aliphatic heterocycles. The zero-order chi connectivity index (χ0) is 17.2. The van der Waals surface area contributed by atoms with Gasteiger partial charge in [-0.3, -0.25) is 9.59 Å². The van der Waals surface area contributed by atoms with Gasteiger partial charge in [-0.1, -0.05) is 33.1 Å². The Labute approximate surface area is 138 Å². The molecule has 1 heterocycles. The molecule has 0 bridgehead atoms. The van der Waals surface area contributed by atoms with Crippen molar-refractivity contribution >= 4 is 21.7 Å². The first-order chi connectivity index (χ1) is 10.7. The minimum absolute atomic E-state index is 0.248. The van der Waals surface area contributed by atoms with Gasteiger partial charge in [-0.15, -0.1) is 0 Å². The van der Waals surface area contributed by atoms with Crippen molar-refractivity contribution in [2.45, 2.75) is 62.9 Å². The zero-order valence-electron chi connectivity index (χ0n) is 14.0. The topological polar surface area (TPSA) is 97.5 Å². The van der Waals surface area contributed by atoms with Crippen LogP contribution in [0.25, 0.3) is 0 Å². The van der Waals surface area contributed by atoms with E-state index in [-0.39, 0.29) is 24.3 Å². The van der Waals surface area contributed by atoms with Crippen molar-refractivity contribution in [3.05, 3.63) is 0 Å². The molecule has 2 N–H and O–H groups in total. The molecule has 0 aromatic heterocycles. The maximum absolute atomic E-state index is 13.0. The van der Waals surface area contributed by atoms with E-state index >= 15 is 0 Å². The zero-order valence-corrected chi connectivity index (χ0v) is 14.8. The van der Waals surface area contributed by atoms with Crippen molar-refractivity contribution in [2.24, 2.45) is 17.6 Å². The third kappa shape index (κ3) is 3.87. The lowest BCUT2D eigenvalue weighted by Crippen LogP contribution is -2.48. The molecule has 0 aromatic carbocycles. The fourth-order valence-electron chi connectivity index (χ4n) is 3.78. The summed E-state index contributed by atoms with van der Waals surface area (Å²) in [6, 6.07) is 0. The van der Waals surface area contributed by atoms with Crippen LogP contribution < -0.4 is 5.73 Å². The maximum Gasteiger partial charge on any atom is 0.241 e. The monoisotopic (exact) mass is 344 g/mol. The number of likely N-dealkylation sites (tertiary alicyclic amines) is 1. The molecule has 6 nitrogen and oxygen atoms in total. The normalized spacial score (nSPS) is 24.8. The smallest absolute Gasteiger partial charge is 0.241 e. The number of amides is 2. The molecule has 0 spiro atoms. The first-order valence-corrected chi connectivity index (χ1v) is 10.2. The SMILES string of the molecule is CC(C)[C@@H](C(=O)N1CC[C@H](C(N)=O)C1)S(=O)(=O)C1CCCCC1. The van der Waals surface area contributed by atoms with Gasteiger partial charge in [-0.25, -0.2) is 8.42 Å². The van der Waals surface area contributed by atoms with Gasteiger partial charge in [0.1, 0.15) is 5.25 Å². The first kappa shape index (κ1) is 18.2. The molecule has 0 radical (unpaired) electrons. The van der Waals surface area contributed by atoms with Crippen LogP contribution in [0.1, 0.15) is 52.4 Å². The Morgan fingerprint density at radius 1 is 1.09 bits per heavy atom. The van der Waals surface area contributed by atoms with Crippen LogP contribution in [-0.4, -0.2) is 48.7 Å². The van der Waals surface area contributed by atoms with E-state index in [1.54, 1.807) is 13.8 Å². The number of hydrogen-bond acceptors (Lipinski definition) is 4. The number of sulfone groups is 1. The summed E-state index contributed by atoms with van der Waals surface area (Å²) in [5, 5.41) is -1.40. The van der Waals surface area contributed by atoms with Crippen LogP contribution in [0.3, 0.4) is 0 Å². The molecule has 1 aliphatic carbocycles. The van der Waals surface area contributed by atoms with Crippen molar-refractivity contribution in [1.82, 2.24) is 4.90 Å². The predicted octanol–water partition coefficient (Wildman–Crippen LogP) is 1.09. The summed E-state index contributed by atoms with van der Waals surface area (Å²) >= 11 is 0. The van der Waals surface area contributed by atoms with Gasteiger partial charge in [0.2, 0.25) is 11.8 Å². The molecule has 7 heteroatoms. The Bertz CT molecular complexity index is 552. The standard InChI is InChI=1S/C16H28N2O4S/c1-11(2)14(23(21,22)13-6-4-3-5-7-13)16(20)18-9-8-12(10-18)15(17)19/h11-14H,3-10H2,1-2H3,(H2,17,19)/t12-,14-/m0/s1. The molecular formula is C16H28N2O4S. The van der Waals surface area contributed by atoms with E-state index in [0.717, 1.165) is 19.3 Å². The number of carbonyl (C=O) groups excluding carboxylic acids is 2. The first-order valence-electron chi connectivity index (χ1n) is 8.56. The highest BCUT2D eigenvalue weighted by Gasteiger charge is 2.44. The van der Waals surface area contributed by atoms with E-state index in [0.29, 0.717) is 25.8 Å². The second-order valence-electron chi connectivity index (χ2n) is 7.19. The molecule has 2 atom stereocenters. The number of nitrogens with zero attached hydrogens (tertiary/aromatic N) is 1. The average molecular weight is 344 g/mol. The van der Waals surface area contributed by atoms with Gasteiger partial charge < -0.3 is 10.6 Å². The lowest BCUT2D eigenvalue weighted by molar-refractivity contribution is -0.130. The molecule has 23 heavy (non-hydrogen) atoms. The van der Waals surface area contributed by atoms with Crippen molar-refractivity contribution < 1.29 is 18.0 Å². The van der Waals surface area contributed by atoms with E-state index in [9.17, 15) is 18.0 Å². The van der Waals surface area contributed by atoms with Crippen molar-refractivity contribution in [2.75, 3.05) is 13.1 Å². The number of nitrogens with two attached hydrogens (primary N) is 1. The molecule has 0 unspecified atom stereocenters. The quantitative estimate of drug-likeness (QED) is 0.807. The number of rotatable bonds is 5. The van der Waals surface area contributed by atoms with Crippen LogP contribution in [-0.2, 0) is 19.4 Å². The molecule has 2 aliphatic rings. The number of carbonyl (C=O) groups is 2. The molecule has 1 saturated carbocycles.